The van der Waals surface area contributed by atoms with E-state index in [1.165, 1.54) is 0 Å². The molecular weight excluding hydrogens is 182 g/mol. The fraction of sp³-hybridized carbons (Fsp3) is 0. The molecule has 0 bridgehead atoms. The third-order valence-electron chi connectivity index (χ3n) is 1.97. The standard InChI is InChI=1S/C10H7NO3/c12-9(13)5-8-6-3-1-2-4-7(6)10(14)11-8/h1-5H,(H,11,14)(H,12,13)/p-1/b8-5+. The van der Waals surface area contributed by atoms with Crippen LogP contribution in [0.15, 0.2) is 30.3 Å². The zero-order valence-electron chi connectivity index (χ0n) is 7.11. The van der Waals surface area contributed by atoms with Gasteiger partial charge in [0.05, 0.1) is 11.7 Å². The lowest BCUT2D eigenvalue weighted by molar-refractivity contribution is -0.297. The minimum absolute atomic E-state index is 0.283. The van der Waals surface area contributed by atoms with Gasteiger partial charge in [0.15, 0.2) is 0 Å². The molecular formula is C10H6NO3-. The molecule has 0 unspecified atom stereocenters. The molecule has 0 aliphatic carbocycles. The van der Waals surface area contributed by atoms with E-state index in [2.05, 4.69) is 5.32 Å². The molecule has 0 saturated carbocycles. The van der Waals surface area contributed by atoms with Crippen molar-refractivity contribution in [1.29, 1.82) is 0 Å². The molecule has 4 nitrogen and oxygen atoms in total. The second kappa shape index (κ2) is 2.99. The lowest BCUT2D eigenvalue weighted by Gasteiger charge is -1.99. The Bertz CT molecular complexity index is 448. The van der Waals surface area contributed by atoms with Crippen molar-refractivity contribution >= 4 is 17.6 Å². The van der Waals surface area contributed by atoms with Gasteiger partial charge < -0.3 is 15.2 Å². The molecule has 1 aromatic rings. The first-order chi connectivity index (χ1) is 6.68. The number of fused-ring (bicyclic) bond motifs is 1. The van der Waals surface area contributed by atoms with Crippen LogP contribution in [0.4, 0.5) is 0 Å². The van der Waals surface area contributed by atoms with Crippen LogP contribution in [0.2, 0.25) is 0 Å². The molecule has 0 spiro atoms. The summed E-state index contributed by atoms with van der Waals surface area (Å²) in [5, 5.41) is 12.8. The minimum atomic E-state index is -1.32. The molecule has 1 heterocycles. The van der Waals surface area contributed by atoms with E-state index < -0.39 is 5.97 Å². The predicted octanol–water partition coefficient (Wildman–Crippen LogP) is -0.479. The van der Waals surface area contributed by atoms with Crippen LogP contribution in [0.5, 0.6) is 0 Å². The molecule has 1 N–H and O–H groups in total. The molecule has 70 valence electrons. The van der Waals surface area contributed by atoms with Gasteiger partial charge in [-0.25, -0.2) is 0 Å². The first kappa shape index (κ1) is 8.50. The highest BCUT2D eigenvalue weighted by atomic mass is 16.4. The molecule has 1 amide bonds. The van der Waals surface area contributed by atoms with Gasteiger partial charge >= 0.3 is 0 Å². The van der Waals surface area contributed by atoms with E-state index in [0.29, 0.717) is 11.1 Å². The normalized spacial score (nSPS) is 16.6. The Kier molecular flexibility index (Phi) is 1.81. The Morgan fingerprint density at radius 2 is 1.93 bits per heavy atom. The van der Waals surface area contributed by atoms with E-state index in [1.54, 1.807) is 24.3 Å². The van der Waals surface area contributed by atoms with Crippen LogP contribution >= 0.6 is 0 Å². The highest BCUT2D eigenvalue weighted by molar-refractivity contribution is 6.11. The fourth-order valence-electron chi connectivity index (χ4n) is 1.40. The molecule has 0 saturated heterocycles. The number of benzene rings is 1. The Morgan fingerprint density at radius 1 is 1.29 bits per heavy atom. The molecule has 1 aliphatic rings. The summed E-state index contributed by atoms with van der Waals surface area (Å²) in [7, 11) is 0. The SMILES string of the molecule is O=C([O-])/C=C1/NC(=O)c2ccccc21. The zero-order valence-corrected chi connectivity index (χ0v) is 7.11. The predicted molar refractivity (Wildman–Crippen MR) is 46.9 cm³/mol. The van der Waals surface area contributed by atoms with Gasteiger partial charge in [-0.15, -0.1) is 0 Å². The van der Waals surface area contributed by atoms with Crippen LogP contribution in [0.3, 0.4) is 0 Å². The number of carboxylic acids is 1. The molecule has 14 heavy (non-hydrogen) atoms. The van der Waals surface area contributed by atoms with Crippen LogP contribution in [0.25, 0.3) is 5.70 Å². The number of amides is 1. The lowest BCUT2D eigenvalue weighted by atomic mass is 10.1. The maximum atomic E-state index is 11.3. The number of hydrogen-bond donors (Lipinski definition) is 1. The number of carboxylic acid groups (broad SMARTS) is 1. The molecule has 0 fully saturated rings. The third kappa shape index (κ3) is 1.26. The van der Waals surface area contributed by atoms with E-state index >= 15 is 0 Å². The topological polar surface area (TPSA) is 69.2 Å². The van der Waals surface area contributed by atoms with Crippen LogP contribution in [-0.4, -0.2) is 11.9 Å². The monoisotopic (exact) mass is 188 g/mol. The van der Waals surface area contributed by atoms with E-state index in [4.69, 9.17) is 0 Å². The second-order valence-electron chi connectivity index (χ2n) is 2.88. The zero-order chi connectivity index (χ0) is 10.1. The summed E-state index contributed by atoms with van der Waals surface area (Å²) in [4.78, 5) is 21.6. The van der Waals surface area contributed by atoms with Gasteiger partial charge in [0, 0.05) is 11.1 Å². The van der Waals surface area contributed by atoms with Crippen molar-refractivity contribution in [2.45, 2.75) is 0 Å². The first-order valence-electron chi connectivity index (χ1n) is 4.02. The molecule has 0 aromatic heterocycles. The molecule has 2 rings (SSSR count). The average Bonchev–Trinajstić information content (AvgIpc) is 2.44. The third-order valence-corrected chi connectivity index (χ3v) is 1.97. The molecule has 1 aromatic carbocycles. The number of carbonyl (C=O) groups excluding carboxylic acids is 2. The van der Waals surface area contributed by atoms with Crippen molar-refractivity contribution in [2.24, 2.45) is 0 Å². The van der Waals surface area contributed by atoms with Gasteiger partial charge in [0.2, 0.25) is 0 Å². The quantitative estimate of drug-likeness (QED) is 0.605. The van der Waals surface area contributed by atoms with Crippen molar-refractivity contribution in [2.75, 3.05) is 0 Å². The van der Waals surface area contributed by atoms with E-state index in [0.717, 1.165) is 6.08 Å². The highest BCUT2D eigenvalue weighted by Gasteiger charge is 2.22. The summed E-state index contributed by atoms with van der Waals surface area (Å²) in [6, 6.07) is 6.78. The minimum Gasteiger partial charge on any atom is -0.545 e. The number of aliphatic carboxylic acids is 1. The van der Waals surface area contributed by atoms with Crippen molar-refractivity contribution in [3.63, 3.8) is 0 Å². The van der Waals surface area contributed by atoms with Crippen molar-refractivity contribution in [1.82, 2.24) is 5.32 Å². The van der Waals surface area contributed by atoms with Gasteiger partial charge in [0.1, 0.15) is 0 Å². The van der Waals surface area contributed by atoms with Gasteiger partial charge in [-0.1, -0.05) is 18.2 Å². The van der Waals surface area contributed by atoms with Crippen LogP contribution in [0.1, 0.15) is 15.9 Å². The van der Waals surface area contributed by atoms with E-state index in [9.17, 15) is 14.7 Å². The molecule has 4 heteroatoms. The van der Waals surface area contributed by atoms with E-state index in [1.807, 2.05) is 0 Å². The summed E-state index contributed by atoms with van der Waals surface area (Å²) in [5.41, 5.74) is 1.37. The average molecular weight is 188 g/mol. The van der Waals surface area contributed by atoms with Crippen LogP contribution in [-0.2, 0) is 4.79 Å². The summed E-state index contributed by atoms with van der Waals surface area (Å²) < 4.78 is 0. The summed E-state index contributed by atoms with van der Waals surface area (Å²) in [5.74, 6) is -1.61. The highest BCUT2D eigenvalue weighted by Crippen LogP contribution is 2.23. The van der Waals surface area contributed by atoms with E-state index in [-0.39, 0.29) is 11.6 Å². The Hall–Kier alpha value is -2.10. The number of carbonyl (C=O) groups is 2. The molecule has 0 atom stereocenters. The fourth-order valence-corrected chi connectivity index (χ4v) is 1.40. The lowest BCUT2D eigenvalue weighted by Crippen LogP contribution is -2.21. The van der Waals surface area contributed by atoms with Crippen LogP contribution < -0.4 is 10.4 Å². The van der Waals surface area contributed by atoms with Gasteiger partial charge in [-0.3, -0.25) is 4.79 Å². The Balaban J connectivity index is 2.54. The number of rotatable bonds is 1. The first-order valence-corrected chi connectivity index (χ1v) is 4.02. The summed E-state index contributed by atoms with van der Waals surface area (Å²) in [6.45, 7) is 0. The largest absolute Gasteiger partial charge is 0.545 e. The maximum absolute atomic E-state index is 11.3. The summed E-state index contributed by atoms with van der Waals surface area (Å²) >= 11 is 0. The second-order valence-corrected chi connectivity index (χ2v) is 2.88. The maximum Gasteiger partial charge on any atom is 0.256 e. The smallest absolute Gasteiger partial charge is 0.256 e. The van der Waals surface area contributed by atoms with Crippen molar-refractivity contribution in [3.8, 4) is 0 Å². The molecule has 0 radical (unpaired) electrons. The summed E-state index contributed by atoms with van der Waals surface area (Å²) in [6.07, 6.45) is 0.879. The van der Waals surface area contributed by atoms with Gasteiger partial charge in [-0.05, 0) is 12.1 Å². The van der Waals surface area contributed by atoms with Crippen LogP contribution in [0, 0.1) is 0 Å². The van der Waals surface area contributed by atoms with Gasteiger partial charge in [-0.2, -0.15) is 0 Å². The van der Waals surface area contributed by atoms with Crippen molar-refractivity contribution < 1.29 is 14.7 Å². The Labute approximate surface area is 79.9 Å². The molecule has 1 aliphatic heterocycles. The number of hydrogen-bond acceptors (Lipinski definition) is 3. The van der Waals surface area contributed by atoms with Gasteiger partial charge in [0.25, 0.3) is 5.91 Å². The number of nitrogens with one attached hydrogen (secondary N) is 1. The Morgan fingerprint density at radius 3 is 2.57 bits per heavy atom. The van der Waals surface area contributed by atoms with Crippen molar-refractivity contribution in [3.05, 3.63) is 41.5 Å².